The van der Waals surface area contributed by atoms with E-state index >= 15 is 0 Å². The SMILES string of the molecule is COCCn1c(-c2cc(C)c(=O)n(C)c2)nc2cc(CNC(COC)C(=O)O)ccc21. The Bertz CT molecular complexity index is 1110. The Morgan fingerprint density at radius 3 is 2.68 bits per heavy atom. The number of aliphatic carboxylic acids is 1. The van der Waals surface area contributed by atoms with Crippen molar-refractivity contribution in [2.45, 2.75) is 26.1 Å². The molecular formula is C22H28N4O5. The number of imidazole rings is 1. The molecule has 31 heavy (non-hydrogen) atoms. The number of carboxylic acid groups (broad SMARTS) is 1. The summed E-state index contributed by atoms with van der Waals surface area (Å²) < 4.78 is 13.9. The van der Waals surface area contributed by atoms with E-state index in [1.165, 1.54) is 7.11 Å². The van der Waals surface area contributed by atoms with Gasteiger partial charge in [0, 0.05) is 51.7 Å². The van der Waals surface area contributed by atoms with E-state index in [0.717, 1.165) is 28.0 Å². The standard InChI is InChI=1S/C22H28N4O5/c1-14-9-16(12-25(2)21(14)27)20-24-17-10-15(11-23-18(13-31-4)22(28)29)5-6-19(17)26(20)7-8-30-3/h5-6,9-10,12,18,23H,7-8,11,13H2,1-4H3,(H,28,29). The van der Waals surface area contributed by atoms with Gasteiger partial charge >= 0.3 is 5.97 Å². The van der Waals surface area contributed by atoms with Gasteiger partial charge in [-0.1, -0.05) is 6.07 Å². The molecule has 0 saturated carbocycles. The minimum Gasteiger partial charge on any atom is -0.480 e. The largest absolute Gasteiger partial charge is 0.480 e. The molecule has 2 N–H and O–H groups in total. The van der Waals surface area contributed by atoms with Gasteiger partial charge in [0.15, 0.2) is 0 Å². The van der Waals surface area contributed by atoms with Crippen LogP contribution in [0.2, 0.25) is 0 Å². The van der Waals surface area contributed by atoms with E-state index in [-0.39, 0.29) is 12.2 Å². The van der Waals surface area contributed by atoms with Crippen LogP contribution >= 0.6 is 0 Å². The van der Waals surface area contributed by atoms with Crippen LogP contribution in [0.3, 0.4) is 0 Å². The summed E-state index contributed by atoms with van der Waals surface area (Å²) in [5.41, 5.74) is 4.09. The van der Waals surface area contributed by atoms with Gasteiger partial charge in [0.05, 0.1) is 24.2 Å². The van der Waals surface area contributed by atoms with E-state index in [1.54, 1.807) is 31.8 Å². The highest BCUT2D eigenvalue weighted by molar-refractivity contribution is 5.81. The fraction of sp³-hybridized carbons (Fsp3) is 0.409. The van der Waals surface area contributed by atoms with Crippen LogP contribution in [0.1, 0.15) is 11.1 Å². The summed E-state index contributed by atoms with van der Waals surface area (Å²) in [5, 5.41) is 12.3. The Morgan fingerprint density at radius 2 is 2.03 bits per heavy atom. The van der Waals surface area contributed by atoms with Gasteiger partial charge in [-0.05, 0) is 30.7 Å². The first-order valence-corrected chi connectivity index (χ1v) is 9.96. The molecule has 166 valence electrons. The summed E-state index contributed by atoms with van der Waals surface area (Å²) in [6.45, 7) is 3.37. The van der Waals surface area contributed by atoms with Crippen LogP contribution in [-0.2, 0) is 34.4 Å². The van der Waals surface area contributed by atoms with Crippen molar-refractivity contribution in [1.29, 1.82) is 0 Å². The van der Waals surface area contributed by atoms with Gasteiger partial charge in [0.1, 0.15) is 11.9 Å². The highest BCUT2D eigenvalue weighted by atomic mass is 16.5. The number of carbonyl (C=O) groups is 1. The van der Waals surface area contributed by atoms with Crippen molar-refractivity contribution in [3.05, 3.63) is 51.9 Å². The zero-order valence-electron chi connectivity index (χ0n) is 18.2. The van der Waals surface area contributed by atoms with E-state index in [4.69, 9.17) is 14.5 Å². The summed E-state index contributed by atoms with van der Waals surface area (Å²) in [6, 6.07) is 6.91. The second kappa shape index (κ2) is 9.86. The van der Waals surface area contributed by atoms with Crippen LogP contribution in [-0.4, -0.2) is 58.7 Å². The molecule has 0 aliphatic rings. The molecule has 0 aliphatic carbocycles. The van der Waals surface area contributed by atoms with Gasteiger partial charge in [-0.2, -0.15) is 0 Å². The van der Waals surface area contributed by atoms with Crippen molar-refractivity contribution in [3.8, 4) is 11.4 Å². The van der Waals surface area contributed by atoms with Crippen LogP contribution in [0.15, 0.2) is 35.3 Å². The molecule has 3 aromatic rings. The van der Waals surface area contributed by atoms with Gasteiger partial charge in [-0.25, -0.2) is 4.98 Å². The Kier molecular flexibility index (Phi) is 7.21. The van der Waals surface area contributed by atoms with Crippen molar-refractivity contribution >= 4 is 17.0 Å². The van der Waals surface area contributed by atoms with Gasteiger partial charge in [-0.3, -0.25) is 14.9 Å². The lowest BCUT2D eigenvalue weighted by Crippen LogP contribution is -2.39. The molecule has 9 heteroatoms. The lowest BCUT2D eigenvalue weighted by atomic mass is 10.2. The summed E-state index contributed by atoms with van der Waals surface area (Å²) in [5.74, 6) is -0.210. The Morgan fingerprint density at radius 1 is 1.26 bits per heavy atom. The molecular weight excluding hydrogens is 400 g/mol. The van der Waals surface area contributed by atoms with Crippen LogP contribution < -0.4 is 10.9 Å². The molecule has 0 bridgehead atoms. The number of fused-ring (bicyclic) bond motifs is 1. The first kappa shape index (κ1) is 22.7. The summed E-state index contributed by atoms with van der Waals surface area (Å²) in [4.78, 5) is 28.2. The van der Waals surface area contributed by atoms with Crippen LogP contribution in [0.4, 0.5) is 0 Å². The highest BCUT2D eigenvalue weighted by Crippen LogP contribution is 2.25. The number of aryl methyl sites for hydroxylation is 2. The van der Waals surface area contributed by atoms with E-state index in [1.807, 2.05) is 24.3 Å². The smallest absolute Gasteiger partial charge is 0.323 e. The van der Waals surface area contributed by atoms with Gasteiger partial charge in [-0.15, -0.1) is 0 Å². The van der Waals surface area contributed by atoms with Crippen molar-refractivity contribution in [2.24, 2.45) is 7.05 Å². The number of benzene rings is 1. The third kappa shape index (κ3) is 5.01. The first-order valence-electron chi connectivity index (χ1n) is 9.96. The molecule has 0 spiro atoms. The summed E-state index contributed by atoms with van der Waals surface area (Å²) in [7, 11) is 4.85. The van der Waals surface area contributed by atoms with Crippen molar-refractivity contribution in [2.75, 3.05) is 27.4 Å². The molecule has 1 aromatic carbocycles. The van der Waals surface area contributed by atoms with Crippen molar-refractivity contribution in [1.82, 2.24) is 19.4 Å². The molecule has 0 saturated heterocycles. The molecule has 2 heterocycles. The third-order valence-electron chi connectivity index (χ3n) is 5.14. The first-order chi connectivity index (χ1) is 14.8. The van der Waals surface area contributed by atoms with E-state index in [2.05, 4.69) is 9.88 Å². The van der Waals surface area contributed by atoms with Gasteiger partial charge in [0.25, 0.3) is 5.56 Å². The van der Waals surface area contributed by atoms with E-state index in [0.29, 0.717) is 25.3 Å². The molecule has 1 atom stereocenters. The maximum absolute atomic E-state index is 12.1. The molecule has 1 unspecified atom stereocenters. The number of hydrogen-bond donors (Lipinski definition) is 2. The molecule has 9 nitrogen and oxygen atoms in total. The zero-order valence-corrected chi connectivity index (χ0v) is 18.2. The molecule has 0 amide bonds. The Hall–Kier alpha value is -3.01. The summed E-state index contributed by atoms with van der Waals surface area (Å²) in [6.07, 6.45) is 1.78. The second-order valence-corrected chi connectivity index (χ2v) is 7.46. The van der Waals surface area contributed by atoms with Crippen LogP contribution in [0.25, 0.3) is 22.4 Å². The summed E-state index contributed by atoms with van der Waals surface area (Å²) >= 11 is 0. The third-order valence-corrected chi connectivity index (χ3v) is 5.14. The normalized spacial score (nSPS) is 12.4. The monoisotopic (exact) mass is 428 g/mol. The second-order valence-electron chi connectivity index (χ2n) is 7.46. The molecule has 0 radical (unpaired) electrons. The zero-order chi connectivity index (χ0) is 22.5. The van der Waals surface area contributed by atoms with Crippen molar-refractivity contribution < 1.29 is 19.4 Å². The van der Waals surface area contributed by atoms with Crippen molar-refractivity contribution in [3.63, 3.8) is 0 Å². The topological polar surface area (TPSA) is 108 Å². The lowest BCUT2D eigenvalue weighted by molar-refractivity contribution is -0.140. The fourth-order valence-corrected chi connectivity index (χ4v) is 3.54. The fourth-order valence-electron chi connectivity index (χ4n) is 3.54. The number of pyridine rings is 1. The average Bonchev–Trinajstić information content (AvgIpc) is 3.10. The van der Waals surface area contributed by atoms with Gasteiger partial charge < -0.3 is 23.7 Å². The Balaban J connectivity index is 1.99. The average molecular weight is 428 g/mol. The maximum atomic E-state index is 12.1. The molecule has 0 fully saturated rings. The molecule has 0 aliphatic heterocycles. The lowest BCUT2D eigenvalue weighted by Gasteiger charge is -2.13. The predicted octanol–water partition coefficient (Wildman–Crippen LogP) is 1.55. The van der Waals surface area contributed by atoms with Gasteiger partial charge in [0.2, 0.25) is 0 Å². The number of nitrogens with zero attached hydrogens (tertiary/aromatic N) is 3. The predicted molar refractivity (Wildman–Crippen MR) is 117 cm³/mol. The van der Waals surface area contributed by atoms with E-state index in [9.17, 15) is 14.7 Å². The number of rotatable bonds is 10. The highest BCUT2D eigenvalue weighted by Gasteiger charge is 2.18. The number of ether oxygens (including phenoxy) is 2. The maximum Gasteiger partial charge on any atom is 0.323 e. The van der Waals surface area contributed by atoms with E-state index < -0.39 is 12.0 Å². The minimum atomic E-state index is -0.959. The number of hydrogen-bond acceptors (Lipinski definition) is 6. The molecule has 3 rings (SSSR count). The number of methoxy groups -OCH3 is 2. The van der Waals surface area contributed by atoms with Crippen LogP contribution in [0.5, 0.6) is 0 Å². The Labute approximate surface area is 180 Å². The van der Waals surface area contributed by atoms with Crippen LogP contribution in [0, 0.1) is 6.92 Å². The quantitative estimate of drug-likeness (QED) is 0.504. The molecule has 2 aromatic heterocycles. The number of carboxylic acids is 1. The minimum absolute atomic E-state index is 0.0410. The number of nitrogens with one attached hydrogen (secondary N) is 1. The number of aromatic nitrogens is 3.